The fraction of sp³-hybridized carbons (Fsp3) is 0.346. The maximum absolute atomic E-state index is 13.3. The van der Waals surface area contributed by atoms with Gasteiger partial charge in [-0.2, -0.15) is 0 Å². The Morgan fingerprint density at radius 3 is 2.50 bits per heavy atom. The van der Waals surface area contributed by atoms with Crippen molar-refractivity contribution in [1.29, 1.82) is 0 Å². The molecule has 2 aliphatic rings. The molecule has 1 N–H and O–H groups in total. The van der Waals surface area contributed by atoms with Crippen LogP contribution in [0.2, 0.25) is 0 Å². The van der Waals surface area contributed by atoms with Gasteiger partial charge in [0, 0.05) is 44.0 Å². The average Bonchev–Trinajstić information content (AvgIpc) is 3.07. The van der Waals surface area contributed by atoms with Crippen LogP contribution in [0.5, 0.6) is 11.6 Å². The van der Waals surface area contributed by atoms with Crippen LogP contribution in [-0.4, -0.2) is 47.0 Å². The summed E-state index contributed by atoms with van der Waals surface area (Å²) >= 11 is 0. The monoisotopic (exact) mass is 461 g/mol. The van der Waals surface area contributed by atoms with Gasteiger partial charge in [0.2, 0.25) is 11.8 Å². The molecule has 34 heavy (non-hydrogen) atoms. The Labute approximate surface area is 198 Å². The minimum Gasteiger partial charge on any atom is -0.439 e. The van der Waals surface area contributed by atoms with Crippen molar-refractivity contribution in [3.05, 3.63) is 71.8 Å². The van der Waals surface area contributed by atoms with E-state index in [0.717, 1.165) is 48.8 Å². The van der Waals surface area contributed by atoms with Gasteiger partial charge in [-0.25, -0.2) is 14.4 Å². The van der Waals surface area contributed by atoms with Crippen LogP contribution in [0.15, 0.2) is 54.9 Å². The van der Waals surface area contributed by atoms with Gasteiger partial charge in [0.15, 0.2) is 0 Å². The van der Waals surface area contributed by atoms with E-state index in [1.165, 1.54) is 18.5 Å². The zero-order chi connectivity index (χ0) is 23.9. The molecule has 0 saturated carbocycles. The lowest BCUT2D eigenvalue weighted by molar-refractivity contribution is -0.119. The van der Waals surface area contributed by atoms with Crippen LogP contribution >= 0.6 is 0 Å². The van der Waals surface area contributed by atoms with Gasteiger partial charge in [0.25, 0.3) is 0 Å². The van der Waals surface area contributed by atoms with Crippen LogP contribution in [0.25, 0.3) is 0 Å². The first-order valence-corrected chi connectivity index (χ1v) is 11.5. The molecule has 0 bridgehead atoms. The summed E-state index contributed by atoms with van der Waals surface area (Å²) in [6.07, 6.45) is 1.51. The number of carbonyl (C=O) groups excluding carboxylic acids is 1. The first kappa shape index (κ1) is 22.3. The van der Waals surface area contributed by atoms with Crippen LogP contribution in [0.3, 0.4) is 0 Å². The number of ether oxygens (including phenoxy) is 1. The molecule has 0 unspecified atom stereocenters. The molecule has 1 amide bonds. The third-order valence-electron chi connectivity index (χ3n) is 6.87. The van der Waals surface area contributed by atoms with Crippen molar-refractivity contribution in [1.82, 2.24) is 14.9 Å². The molecule has 176 valence electrons. The molecule has 3 heterocycles. The number of halogens is 1. The Kier molecular flexibility index (Phi) is 5.69. The zero-order valence-corrected chi connectivity index (χ0v) is 19.6. The van der Waals surface area contributed by atoms with E-state index in [-0.39, 0.29) is 17.8 Å². The number of aromatic nitrogens is 2. The molecule has 1 aromatic heterocycles. The highest BCUT2D eigenvalue weighted by Gasteiger charge is 2.38. The number of carbonyl (C=O) groups is 1. The van der Waals surface area contributed by atoms with Gasteiger partial charge in [-0.3, -0.25) is 9.69 Å². The summed E-state index contributed by atoms with van der Waals surface area (Å²) in [6.45, 7) is 9.35. The number of hydrogen-bond donors (Lipinski definition) is 1. The van der Waals surface area contributed by atoms with Crippen LogP contribution in [0.4, 0.5) is 15.9 Å². The minimum atomic E-state index is -0.601. The molecule has 8 heteroatoms. The number of nitrogens with zero attached hydrogens (tertiary/aromatic N) is 4. The van der Waals surface area contributed by atoms with Crippen molar-refractivity contribution in [2.45, 2.75) is 32.2 Å². The van der Waals surface area contributed by atoms with E-state index in [4.69, 9.17) is 4.74 Å². The molecule has 2 aliphatic heterocycles. The SMILES string of the molecule is C[C@@H](c1ccc(F)cc1)N1CCN(c2cc(Oc3ccc4c(c3)C(C)(C)C(=O)N4)ncn2)CC1. The Morgan fingerprint density at radius 2 is 1.76 bits per heavy atom. The Bertz CT molecular complexity index is 1210. The summed E-state index contributed by atoms with van der Waals surface area (Å²) in [5.74, 6) is 1.68. The lowest BCUT2D eigenvalue weighted by Crippen LogP contribution is -2.47. The molecule has 1 atom stereocenters. The highest BCUT2D eigenvalue weighted by atomic mass is 19.1. The van der Waals surface area contributed by atoms with Crippen LogP contribution in [-0.2, 0) is 10.2 Å². The number of rotatable bonds is 5. The summed E-state index contributed by atoms with van der Waals surface area (Å²) < 4.78 is 19.3. The average molecular weight is 462 g/mol. The van der Waals surface area contributed by atoms with Gasteiger partial charge in [-0.15, -0.1) is 0 Å². The van der Waals surface area contributed by atoms with Gasteiger partial charge >= 0.3 is 0 Å². The summed E-state index contributed by atoms with van der Waals surface area (Å²) in [5, 5.41) is 2.91. The topological polar surface area (TPSA) is 70.6 Å². The van der Waals surface area contributed by atoms with Gasteiger partial charge < -0.3 is 15.0 Å². The van der Waals surface area contributed by atoms with E-state index < -0.39 is 5.41 Å². The predicted octanol–water partition coefficient (Wildman–Crippen LogP) is 4.52. The third kappa shape index (κ3) is 4.21. The highest BCUT2D eigenvalue weighted by molar-refractivity contribution is 6.05. The van der Waals surface area contributed by atoms with Crippen molar-refractivity contribution in [2.75, 3.05) is 36.4 Å². The van der Waals surface area contributed by atoms with Gasteiger partial charge in [-0.1, -0.05) is 12.1 Å². The van der Waals surface area contributed by atoms with Gasteiger partial charge in [-0.05, 0) is 62.2 Å². The second-order valence-electron chi connectivity index (χ2n) is 9.35. The molecule has 1 saturated heterocycles. The molecule has 3 aromatic rings. The number of fused-ring (bicyclic) bond motifs is 1. The number of anilines is 2. The molecule has 7 nitrogen and oxygen atoms in total. The molecule has 0 aliphatic carbocycles. The molecular formula is C26H28FN5O2. The van der Waals surface area contributed by atoms with E-state index in [1.54, 1.807) is 0 Å². The fourth-order valence-corrected chi connectivity index (χ4v) is 4.58. The summed E-state index contributed by atoms with van der Waals surface area (Å²) in [5.41, 5.74) is 2.24. The fourth-order valence-electron chi connectivity index (χ4n) is 4.58. The standard InChI is InChI=1S/C26H28FN5O2/c1-17(18-4-6-19(27)7-5-18)31-10-12-32(13-11-31)23-15-24(29-16-28-23)34-20-8-9-22-21(14-20)26(2,3)25(33)30-22/h4-9,14-17H,10-13H2,1-3H3,(H,30,33)/t17-/m0/s1. The number of piperazine rings is 1. The number of hydrogen-bond acceptors (Lipinski definition) is 6. The van der Waals surface area contributed by atoms with Crippen molar-refractivity contribution in [3.8, 4) is 11.6 Å². The van der Waals surface area contributed by atoms with Gasteiger partial charge in [0.1, 0.15) is 23.7 Å². The number of benzene rings is 2. The van der Waals surface area contributed by atoms with Crippen LogP contribution < -0.4 is 15.0 Å². The second kappa shape index (κ2) is 8.68. The largest absolute Gasteiger partial charge is 0.439 e. The molecule has 5 rings (SSSR count). The minimum absolute atomic E-state index is 0.0168. The smallest absolute Gasteiger partial charge is 0.234 e. The van der Waals surface area contributed by atoms with Crippen LogP contribution in [0.1, 0.15) is 37.9 Å². The van der Waals surface area contributed by atoms with E-state index in [2.05, 4.69) is 32.0 Å². The first-order valence-electron chi connectivity index (χ1n) is 11.5. The lowest BCUT2D eigenvalue weighted by atomic mass is 9.86. The van der Waals surface area contributed by atoms with E-state index in [9.17, 15) is 9.18 Å². The Morgan fingerprint density at radius 1 is 1.03 bits per heavy atom. The molecule has 0 spiro atoms. The Hall–Kier alpha value is -3.52. The summed E-state index contributed by atoms with van der Waals surface area (Å²) in [7, 11) is 0. The first-order chi connectivity index (χ1) is 16.3. The van der Waals surface area contributed by atoms with Crippen molar-refractivity contribution < 1.29 is 13.9 Å². The number of amides is 1. The van der Waals surface area contributed by atoms with E-state index in [0.29, 0.717) is 11.6 Å². The second-order valence-corrected chi connectivity index (χ2v) is 9.35. The number of nitrogens with one attached hydrogen (secondary N) is 1. The molecule has 2 aromatic carbocycles. The van der Waals surface area contributed by atoms with Crippen LogP contribution in [0, 0.1) is 5.82 Å². The van der Waals surface area contributed by atoms with E-state index >= 15 is 0 Å². The summed E-state index contributed by atoms with van der Waals surface area (Å²) in [6, 6.07) is 14.4. The zero-order valence-electron chi connectivity index (χ0n) is 19.6. The molecular weight excluding hydrogens is 433 g/mol. The lowest BCUT2D eigenvalue weighted by Gasteiger charge is -2.38. The maximum atomic E-state index is 13.3. The third-order valence-corrected chi connectivity index (χ3v) is 6.87. The normalized spacial score (nSPS) is 18.4. The van der Waals surface area contributed by atoms with Crippen molar-refractivity contribution in [3.63, 3.8) is 0 Å². The Balaban J connectivity index is 1.25. The molecule has 0 radical (unpaired) electrons. The van der Waals surface area contributed by atoms with E-state index in [1.807, 2.05) is 50.2 Å². The quantitative estimate of drug-likeness (QED) is 0.603. The summed E-state index contributed by atoms with van der Waals surface area (Å²) in [4.78, 5) is 25.6. The maximum Gasteiger partial charge on any atom is 0.234 e. The predicted molar refractivity (Wildman–Crippen MR) is 129 cm³/mol. The van der Waals surface area contributed by atoms with Gasteiger partial charge in [0.05, 0.1) is 5.41 Å². The van der Waals surface area contributed by atoms with Crippen molar-refractivity contribution >= 4 is 17.4 Å². The van der Waals surface area contributed by atoms with Crippen molar-refractivity contribution in [2.24, 2.45) is 0 Å². The highest BCUT2D eigenvalue weighted by Crippen LogP contribution is 2.40. The molecule has 1 fully saturated rings.